The molecule has 0 bridgehead atoms. The highest BCUT2D eigenvalue weighted by molar-refractivity contribution is 5.94. The number of nitrogens with zero attached hydrogens (tertiary/aromatic N) is 3. The minimum Gasteiger partial charge on any atom is -0.462 e. The summed E-state index contributed by atoms with van der Waals surface area (Å²) in [6.07, 6.45) is 1.72. The molecule has 0 radical (unpaired) electrons. The van der Waals surface area contributed by atoms with Crippen LogP contribution in [0.15, 0.2) is 48.7 Å². The molecule has 0 spiro atoms. The van der Waals surface area contributed by atoms with Gasteiger partial charge in [-0.25, -0.2) is 9.78 Å². The van der Waals surface area contributed by atoms with E-state index in [0.29, 0.717) is 18.0 Å². The number of carbonyl (C=O) groups is 1. The summed E-state index contributed by atoms with van der Waals surface area (Å²) in [5.41, 5.74) is -0.00778. The molecule has 4 rings (SSSR count). The molecule has 1 saturated heterocycles. The number of benzene rings is 1. The standard InChI is InChI=1S/C26H35N3O3/c1-6-32-22(30)20-13-10-14-27-21(20)28-15-17-29(18-16-28)23-24(2,3)26(31,25(23,4)5)19-11-8-7-9-12-19/h7-14,23,31H,6,15-18H2,1-5H3. The molecule has 1 aliphatic heterocycles. The van der Waals surface area contributed by atoms with E-state index in [2.05, 4.69) is 42.5 Å². The molecule has 1 saturated carbocycles. The summed E-state index contributed by atoms with van der Waals surface area (Å²) in [5.74, 6) is 0.366. The van der Waals surface area contributed by atoms with Gasteiger partial charge in [-0.1, -0.05) is 58.0 Å². The number of hydrogen-bond acceptors (Lipinski definition) is 6. The Balaban J connectivity index is 1.52. The topological polar surface area (TPSA) is 65.9 Å². The average Bonchev–Trinajstić information content (AvgIpc) is 2.79. The zero-order chi connectivity index (χ0) is 23.1. The molecule has 0 unspecified atom stereocenters. The van der Waals surface area contributed by atoms with E-state index in [1.807, 2.05) is 37.3 Å². The summed E-state index contributed by atoms with van der Waals surface area (Å²) in [6.45, 7) is 14.1. The summed E-state index contributed by atoms with van der Waals surface area (Å²) in [6, 6.07) is 13.9. The van der Waals surface area contributed by atoms with E-state index in [4.69, 9.17) is 4.74 Å². The zero-order valence-electron chi connectivity index (χ0n) is 19.8. The Hall–Kier alpha value is -2.44. The van der Waals surface area contributed by atoms with Gasteiger partial charge in [-0.3, -0.25) is 4.90 Å². The maximum absolute atomic E-state index is 12.4. The van der Waals surface area contributed by atoms with Crippen LogP contribution in [-0.2, 0) is 10.3 Å². The summed E-state index contributed by atoms with van der Waals surface area (Å²) in [4.78, 5) is 21.6. The van der Waals surface area contributed by atoms with Gasteiger partial charge in [-0.2, -0.15) is 0 Å². The number of rotatable bonds is 5. The van der Waals surface area contributed by atoms with Crippen molar-refractivity contribution in [3.05, 3.63) is 59.8 Å². The van der Waals surface area contributed by atoms with Gasteiger partial charge in [0.25, 0.3) is 0 Å². The largest absolute Gasteiger partial charge is 0.462 e. The van der Waals surface area contributed by atoms with Crippen LogP contribution in [0.25, 0.3) is 0 Å². The van der Waals surface area contributed by atoms with Crippen LogP contribution in [0.2, 0.25) is 0 Å². The molecular weight excluding hydrogens is 402 g/mol. The number of esters is 1. The summed E-state index contributed by atoms with van der Waals surface area (Å²) in [7, 11) is 0. The van der Waals surface area contributed by atoms with Crippen molar-refractivity contribution in [1.29, 1.82) is 0 Å². The molecule has 172 valence electrons. The second-order valence-corrected chi connectivity index (χ2v) is 10.0. The number of hydrogen-bond donors (Lipinski definition) is 1. The minimum atomic E-state index is -0.902. The first kappa shape index (κ1) is 22.7. The van der Waals surface area contributed by atoms with Gasteiger partial charge in [-0.15, -0.1) is 0 Å². The summed E-state index contributed by atoms with van der Waals surface area (Å²) >= 11 is 0. The van der Waals surface area contributed by atoms with Crippen LogP contribution in [-0.4, -0.2) is 59.8 Å². The van der Waals surface area contributed by atoms with Crippen molar-refractivity contribution in [2.24, 2.45) is 10.8 Å². The number of aromatic nitrogens is 1. The molecule has 2 heterocycles. The second kappa shape index (κ2) is 8.16. The number of ether oxygens (including phenoxy) is 1. The third kappa shape index (κ3) is 3.23. The predicted octanol–water partition coefficient (Wildman–Crippen LogP) is 3.70. The average molecular weight is 438 g/mol. The summed E-state index contributed by atoms with van der Waals surface area (Å²) < 4.78 is 5.22. The lowest BCUT2D eigenvalue weighted by molar-refractivity contribution is -0.307. The first-order valence-electron chi connectivity index (χ1n) is 11.5. The predicted molar refractivity (Wildman–Crippen MR) is 126 cm³/mol. The van der Waals surface area contributed by atoms with E-state index in [1.54, 1.807) is 18.3 Å². The fourth-order valence-electron chi connectivity index (χ4n) is 6.60. The third-order valence-electron chi connectivity index (χ3n) is 7.68. The molecule has 1 aromatic heterocycles. The van der Waals surface area contributed by atoms with Crippen LogP contribution in [0.3, 0.4) is 0 Å². The van der Waals surface area contributed by atoms with Gasteiger partial charge in [0.2, 0.25) is 0 Å². The van der Waals surface area contributed by atoms with Crippen molar-refractivity contribution in [1.82, 2.24) is 9.88 Å². The van der Waals surface area contributed by atoms with Gasteiger partial charge in [0.15, 0.2) is 0 Å². The zero-order valence-corrected chi connectivity index (χ0v) is 19.8. The maximum Gasteiger partial charge on any atom is 0.341 e. The Labute approximate surface area is 191 Å². The highest BCUT2D eigenvalue weighted by atomic mass is 16.5. The number of piperazine rings is 1. The van der Waals surface area contributed by atoms with Crippen LogP contribution in [0.4, 0.5) is 5.82 Å². The molecule has 2 aliphatic rings. The third-order valence-corrected chi connectivity index (χ3v) is 7.68. The van der Waals surface area contributed by atoms with E-state index in [9.17, 15) is 9.90 Å². The SMILES string of the molecule is CCOC(=O)c1cccnc1N1CCN(C2C(C)(C)C(O)(c3ccccc3)C2(C)C)CC1. The highest BCUT2D eigenvalue weighted by Gasteiger charge is 2.73. The van der Waals surface area contributed by atoms with Crippen LogP contribution in [0.1, 0.15) is 50.5 Å². The van der Waals surface area contributed by atoms with Crippen LogP contribution in [0.5, 0.6) is 0 Å². The number of anilines is 1. The second-order valence-electron chi connectivity index (χ2n) is 10.0. The molecule has 6 nitrogen and oxygen atoms in total. The Morgan fingerprint density at radius 1 is 1.03 bits per heavy atom. The Bertz CT molecular complexity index is 949. The normalized spacial score (nSPS) is 26.9. The molecule has 2 fully saturated rings. The Kier molecular flexibility index (Phi) is 5.80. The minimum absolute atomic E-state index is 0.232. The number of pyridine rings is 1. The lowest BCUT2D eigenvalue weighted by atomic mass is 9.39. The Morgan fingerprint density at radius 3 is 2.25 bits per heavy atom. The smallest absolute Gasteiger partial charge is 0.341 e. The van der Waals surface area contributed by atoms with Gasteiger partial charge in [-0.05, 0) is 24.6 Å². The molecule has 0 amide bonds. The van der Waals surface area contributed by atoms with E-state index < -0.39 is 5.60 Å². The van der Waals surface area contributed by atoms with E-state index in [-0.39, 0.29) is 22.8 Å². The van der Waals surface area contributed by atoms with Gasteiger partial charge in [0.1, 0.15) is 17.0 Å². The number of aliphatic hydroxyl groups is 1. The molecule has 1 aliphatic carbocycles. The number of carbonyl (C=O) groups excluding carboxylic acids is 1. The lowest BCUT2D eigenvalue weighted by Crippen LogP contribution is -2.79. The van der Waals surface area contributed by atoms with Crippen molar-refractivity contribution < 1.29 is 14.6 Å². The van der Waals surface area contributed by atoms with Gasteiger partial charge < -0.3 is 14.7 Å². The van der Waals surface area contributed by atoms with Crippen LogP contribution in [0, 0.1) is 10.8 Å². The van der Waals surface area contributed by atoms with E-state index >= 15 is 0 Å². The first-order valence-corrected chi connectivity index (χ1v) is 11.5. The molecule has 1 aromatic carbocycles. The van der Waals surface area contributed by atoms with Crippen molar-refractivity contribution in [2.75, 3.05) is 37.7 Å². The van der Waals surface area contributed by atoms with Gasteiger partial charge in [0.05, 0.1) is 6.61 Å². The molecular formula is C26H35N3O3. The molecule has 32 heavy (non-hydrogen) atoms. The highest BCUT2D eigenvalue weighted by Crippen LogP contribution is 2.68. The van der Waals surface area contributed by atoms with E-state index in [0.717, 1.165) is 31.7 Å². The van der Waals surface area contributed by atoms with Gasteiger partial charge >= 0.3 is 5.97 Å². The van der Waals surface area contributed by atoms with Crippen molar-refractivity contribution in [3.8, 4) is 0 Å². The fourth-order valence-corrected chi connectivity index (χ4v) is 6.60. The molecule has 6 heteroatoms. The molecule has 2 aromatic rings. The van der Waals surface area contributed by atoms with E-state index in [1.165, 1.54) is 0 Å². The quantitative estimate of drug-likeness (QED) is 0.720. The lowest BCUT2D eigenvalue weighted by Gasteiger charge is -2.72. The monoisotopic (exact) mass is 437 g/mol. The van der Waals surface area contributed by atoms with Crippen molar-refractivity contribution in [2.45, 2.75) is 46.3 Å². The van der Waals surface area contributed by atoms with Crippen molar-refractivity contribution in [3.63, 3.8) is 0 Å². The fraction of sp³-hybridized carbons (Fsp3) is 0.538. The van der Waals surface area contributed by atoms with Crippen LogP contribution < -0.4 is 4.90 Å². The summed E-state index contributed by atoms with van der Waals surface area (Å²) in [5, 5.41) is 11.9. The maximum atomic E-state index is 12.4. The molecule has 0 atom stereocenters. The van der Waals surface area contributed by atoms with Crippen molar-refractivity contribution >= 4 is 11.8 Å². The van der Waals surface area contributed by atoms with Gasteiger partial charge in [0, 0.05) is 49.2 Å². The Morgan fingerprint density at radius 2 is 1.66 bits per heavy atom. The molecule has 1 N–H and O–H groups in total. The van der Waals surface area contributed by atoms with Crippen LogP contribution >= 0.6 is 0 Å². The first-order chi connectivity index (χ1) is 15.2.